The van der Waals surface area contributed by atoms with E-state index in [9.17, 15) is 9.59 Å². The number of hydrogen-bond donors (Lipinski definition) is 3. The second-order valence-electron chi connectivity index (χ2n) is 5.18. The van der Waals surface area contributed by atoms with Crippen molar-refractivity contribution in [3.63, 3.8) is 0 Å². The van der Waals surface area contributed by atoms with E-state index in [0.29, 0.717) is 31.5 Å². The largest absolute Gasteiger partial charge is 0.399 e. The molecular weight excluding hydrogens is 302 g/mol. The van der Waals surface area contributed by atoms with Gasteiger partial charge < -0.3 is 16.4 Å². The van der Waals surface area contributed by atoms with Gasteiger partial charge in [-0.05, 0) is 31.4 Å². The first-order chi connectivity index (χ1) is 10.0. The van der Waals surface area contributed by atoms with Crippen molar-refractivity contribution >= 4 is 29.9 Å². The van der Waals surface area contributed by atoms with Crippen molar-refractivity contribution < 1.29 is 9.59 Å². The minimum absolute atomic E-state index is 0. The SMILES string of the molecule is CCC(C)NC(=O)CCNC(=O)CCc1ccccc1N.Cl. The van der Waals surface area contributed by atoms with E-state index in [-0.39, 0.29) is 30.3 Å². The van der Waals surface area contributed by atoms with E-state index >= 15 is 0 Å². The number of nitrogen functional groups attached to an aromatic ring is 1. The van der Waals surface area contributed by atoms with Crippen LogP contribution >= 0.6 is 12.4 Å². The van der Waals surface area contributed by atoms with Gasteiger partial charge in [0, 0.05) is 31.1 Å². The van der Waals surface area contributed by atoms with Crippen LogP contribution in [0.4, 0.5) is 5.69 Å². The van der Waals surface area contributed by atoms with E-state index in [2.05, 4.69) is 10.6 Å². The lowest BCUT2D eigenvalue weighted by atomic mass is 10.1. The normalized spacial score (nSPS) is 11.2. The van der Waals surface area contributed by atoms with Gasteiger partial charge in [-0.3, -0.25) is 9.59 Å². The zero-order chi connectivity index (χ0) is 15.7. The number of nitrogens with one attached hydrogen (secondary N) is 2. The summed E-state index contributed by atoms with van der Waals surface area (Å²) in [4.78, 5) is 23.2. The number of benzene rings is 1. The summed E-state index contributed by atoms with van der Waals surface area (Å²) in [5.74, 6) is -0.0912. The number of anilines is 1. The molecular formula is C16H26ClN3O2. The van der Waals surface area contributed by atoms with Crippen LogP contribution in [0.25, 0.3) is 0 Å². The van der Waals surface area contributed by atoms with Crippen molar-refractivity contribution in [3.8, 4) is 0 Å². The van der Waals surface area contributed by atoms with Crippen molar-refractivity contribution in [2.75, 3.05) is 12.3 Å². The molecule has 0 aliphatic heterocycles. The zero-order valence-electron chi connectivity index (χ0n) is 13.2. The highest BCUT2D eigenvalue weighted by atomic mass is 35.5. The lowest BCUT2D eigenvalue weighted by molar-refractivity contribution is -0.122. The van der Waals surface area contributed by atoms with Crippen molar-refractivity contribution in [3.05, 3.63) is 29.8 Å². The molecule has 1 rings (SSSR count). The third-order valence-corrected chi connectivity index (χ3v) is 3.37. The summed E-state index contributed by atoms with van der Waals surface area (Å²) in [7, 11) is 0. The third-order valence-electron chi connectivity index (χ3n) is 3.37. The third kappa shape index (κ3) is 7.88. The molecule has 0 saturated carbocycles. The highest BCUT2D eigenvalue weighted by Crippen LogP contribution is 2.12. The van der Waals surface area contributed by atoms with Gasteiger partial charge in [0.2, 0.25) is 11.8 Å². The number of aryl methyl sites for hydroxylation is 1. The summed E-state index contributed by atoms with van der Waals surface area (Å²) in [6.45, 7) is 4.34. The Labute approximate surface area is 138 Å². The maximum absolute atomic E-state index is 11.7. The minimum atomic E-state index is -0.0606. The molecule has 124 valence electrons. The van der Waals surface area contributed by atoms with E-state index in [1.165, 1.54) is 0 Å². The van der Waals surface area contributed by atoms with Crippen LogP contribution in [0, 0.1) is 0 Å². The molecule has 1 unspecified atom stereocenters. The van der Waals surface area contributed by atoms with Gasteiger partial charge in [-0.15, -0.1) is 12.4 Å². The van der Waals surface area contributed by atoms with Crippen LogP contribution in [0.1, 0.15) is 38.7 Å². The van der Waals surface area contributed by atoms with Crippen LogP contribution in [0.5, 0.6) is 0 Å². The summed E-state index contributed by atoms with van der Waals surface area (Å²) < 4.78 is 0. The molecule has 1 aromatic carbocycles. The number of carbonyl (C=O) groups excluding carboxylic acids is 2. The van der Waals surface area contributed by atoms with Crippen LogP contribution in [0.15, 0.2) is 24.3 Å². The minimum Gasteiger partial charge on any atom is -0.399 e. The standard InChI is InChI=1S/C16H25N3O2.ClH/c1-3-12(2)19-16(21)10-11-18-15(20)9-8-13-6-4-5-7-14(13)17;/h4-7,12H,3,8-11,17H2,1-2H3,(H,18,20)(H,19,21);1H. The summed E-state index contributed by atoms with van der Waals surface area (Å²) >= 11 is 0. The van der Waals surface area contributed by atoms with Gasteiger partial charge in [0.05, 0.1) is 0 Å². The zero-order valence-corrected chi connectivity index (χ0v) is 14.0. The number of carbonyl (C=O) groups is 2. The fourth-order valence-electron chi connectivity index (χ4n) is 1.86. The Balaban J connectivity index is 0.00000441. The van der Waals surface area contributed by atoms with Gasteiger partial charge in [0.25, 0.3) is 0 Å². The molecule has 0 fully saturated rings. The smallest absolute Gasteiger partial charge is 0.221 e. The van der Waals surface area contributed by atoms with Crippen LogP contribution in [0.3, 0.4) is 0 Å². The molecule has 0 saturated heterocycles. The number of rotatable bonds is 8. The van der Waals surface area contributed by atoms with Crippen LogP contribution in [-0.2, 0) is 16.0 Å². The van der Waals surface area contributed by atoms with Crippen molar-refractivity contribution in [1.29, 1.82) is 0 Å². The Bertz CT molecular complexity index is 480. The molecule has 0 aromatic heterocycles. The molecule has 0 spiro atoms. The van der Waals surface area contributed by atoms with Gasteiger partial charge in [-0.25, -0.2) is 0 Å². The van der Waals surface area contributed by atoms with Crippen molar-refractivity contribution in [2.45, 2.75) is 45.6 Å². The highest BCUT2D eigenvalue weighted by molar-refractivity contribution is 5.85. The molecule has 0 radical (unpaired) electrons. The fraction of sp³-hybridized carbons (Fsp3) is 0.500. The predicted molar refractivity (Wildman–Crippen MR) is 91.9 cm³/mol. The summed E-state index contributed by atoms with van der Waals surface area (Å²) in [6.07, 6.45) is 2.19. The molecule has 5 nitrogen and oxygen atoms in total. The first-order valence-electron chi connectivity index (χ1n) is 7.42. The van der Waals surface area contributed by atoms with E-state index < -0.39 is 0 Å². The number of hydrogen-bond acceptors (Lipinski definition) is 3. The van der Waals surface area contributed by atoms with Crippen LogP contribution < -0.4 is 16.4 Å². The quantitative estimate of drug-likeness (QED) is 0.639. The van der Waals surface area contributed by atoms with Gasteiger partial charge in [0.15, 0.2) is 0 Å². The number of nitrogens with two attached hydrogens (primary N) is 1. The Morgan fingerprint density at radius 3 is 2.50 bits per heavy atom. The fourth-order valence-corrected chi connectivity index (χ4v) is 1.86. The molecule has 4 N–H and O–H groups in total. The second-order valence-corrected chi connectivity index (χ2v) is 5.18. The first-order valence-corrected chi connectivity index (χ1v) is 7.42. The molecule has 0 heterocycles. The molecule has 1 atom stereocenters. The maximum Gasteiger partial charge on any atom is 0.221 e. The van der Waals surface area contributed by atoms with Gasteiger partial charge in [0.1, 0.15) is 0 Å². The molecule has 0 aliphatic carbocycles. The second kappa shape index (κ2) is 10.9. The molecule has 0 bridgehead atoms. The van der Waals surface area contributed by atoms with Gasteiger partial charge >= 0.3 is 0 Å². The Morgan fingerprint density at radius 1 is 1.18 bits per heavy atom. The molecule has 0 aliphatic rings. The van der Waals surface area contributed by atoms with E-state index in [0.717, 1.165) is 12.0 Å². The molecule has 2 amide bonds. The highest BCUT2D eigenvalue weighted by Gasteiger charge is 2.07. The monoisotopic (exact) mass is 327 g/mol. The van der Waals surface area contributed by atoms with Crippen LogP contribution in [0.2, 0.25) is 0 Å². The summed E-state index contributed by atoms with van der Waals surface area (Å²) in [5, 5.41) is 5.62. The topological polar surface area (TPSA) is 84.2 Å². The molecule has 22 heavy (non-hydrogen) atoms. The van der Waals surface area contributed by atoms with E-state index in [1.807, 2.05) is 38.1 Å². The predicted octanol–water partition coefficient (Wildman–Crippen LogP) is 2.04. The molecule has 1 aromatic rings. The Morgan fingerprint density at radius 2 is 1.86 bits per heavy atom. The lowest BCUT2D eigenvalue weighted by Gasteiger charge is -2.11. The summed E-state index contributed by atoms with van der Waals surface area (Å²) in [6, 6.07) is 7.70. The van der Waals surface area contributed by atoms with E-state index in [4.69, 9.17) is 5.73 Å². The maximum atomic E-state index is 11.7. The average Bonchev–Trinajstić information content (AvgIpc) is 2.46. The van der Waals surface area contributed by atoms with Crippen molar-refractivity contribution in [2.24, 2.45) is 0 Å². The van der Waals surface area contributed by atoms with E-state index in [1.54, 1.807) is 0 Å². The van der Waals surface area contributed by atoms with Gasteiger partial charge in [-0.1, -0.05) is 25.1 Å². The number of amides is 2. The summed E-state index contributed by atoms with van der Waals surface area (Å²) in [5.41, 5.74) is 7.50. The van der Waals surface area contributed by atoms with Gasteiger partial charge in [-0.2, -0.15) is 0 Å². The first kappa shape index (κ1) is 20.2. The number of halogens is 1. The Kier molecular flexibility index (Phi) is 10.0. The average molecular weight is 328 g/mol. The molecule has 6 heteroatoms. The Hall–Kier alpha value is -1.75. The van der Waals surface area contributed by atoms with Crippen LogP contribution in [-0.4, -0.2) is 24.4 Å². The lowest BCUT2D eigenvalue weighted by Crippen LogP contribution is -2.35. The van der Waals surface area contributed by atoms with Crippen molar-refractivity contribution in [1.82, 2.24) is 10.6 Å². The number of para-hydroxylation sites is 1.